The van der Waals surface area contributed by atoms with E-state index in [1.165, 1.54) is 6.07 Å². The molecule has 1 heterocycles. The molecule has 0 bridgehead atoms. The van der Waals surface area contributed by atoms with Crippen molar-refractivity contribution in [1.82, 2.24) is 9.97 Å². The quantitative estimate of drug-likeness (QED) is 0.685. The van der Waals surface area contributed by atoms with E-state index in [-0.39, 0.29) is 5.56 Å². The fourth-order valence-corrected chi connectivity index (χ4v) is 1.11. The van der Waals surface area contributed by atoms with Crippen LogP contribution in [-0.4, -0.2) is 23.1 Å². The van der Waals surface area contributed by atoms with Gasteiger partial charge in [0.15, 0.2) is 0 Å². The number of ether oxygens (including phenoxy) is 1. The zero-order valence-electron chi connectivity index (χ0n) is 8.25. The Morgan fingerprint density at radius 3 is 3.07 bits per heavy atom. The summed E-state index contributed by atoms with van der Waals surface area (Å²) in [5, 5.41) is 0. The van der Waals surface area contributed by atoms with E-state index in [9.17, 15) is 4.79 Å². The molecule has 1 rings (SSSR count). The first kappa shape index (κ1) is 10.9. The Balaban J connectivity index is 2.78. The zero-order chi connectivity index (χ0) is 10.4. The summed E-state index contributed by atoms with van der Waals surface area (Å²) in [4.78, 5) is 18.0. The van der Waals surface area contributed by atoms with Crippen LogP contribution >= 0.6 is 0 Å². The Bertz CT molecular complexity index is 335. The molecule has 0 atom stereocenters. The van der Waals surface area contributed by atoms with Crippen molar-refractivity contribution in [2.75, 3.05) is 13.2 Å². The third-order valence-corrected chi connectivity index (χ3v) is 1.69. The molecule has 0 spiro atoms. The predicted molar refractivity (Wildman–Crippen MR) is 52.9 cm³/mol. The summed E-state index contributed by atoms with van der Waals surface area (Å²) in [6, 6.07) is 1.46. The molecule has 0 unspecified atom stereocenters. The molecule has 0 aliphatic carbocycles. The molecule has 3 N–H and O–H groups in total. The molecule has 0 aromatic carbocycles. The van der Waals surface area contributed by atoms with Gasteiger partial charge in [0.2, 0.25) is 0 Å². The maximum Gasteiger partial charge on any atom is 0.251 e. The molecular weight excluding hydrogens is 182 g/mol. The Kier molecular flexibility index (Phi) is 4.28. The van der Waals surface area contributed by atoms with E-state index in [4.69, 9.17) is 10.5 Å². The average Bonchev–Trinajstić information content (AvgIpc) is 2.14. The standard InChI is InChI=1S/C9H15N3O2/c1-2-14-6-8-11-7(3-4-10)5-9(13)12-8/h5H,2-4,6,10H2,1H3,(H,11,12,13). The van der Waals surface area contributed by atoms with Crippen molar-refractivity contribution in [3.8, 4) is 0 Å². The largest absolute Gasteiger partial charge is 0.374 e. The molecule has 5 nitrogen and oxygen atoms in total. The normalized spacial score (nSPS) is 10.4. The van der Waals surface area contributed by atoms with Crippen LogP contribution in [-0.2, 0) is 17.8 Å². The highest BCUT2D eigenvalue weighted by molar-refractivity contribution is 5.02. The Labute approximate surface area is 82.3 Å². The summed E-state index contributed by atoms with van der Waals surface area (Å²) in [7, 11) is 0. The molecule has 5 heteroatoms. The lowest BCUT2D eigenvalue weighted by atomic mass is 10.3. The first-order valence-corrected chi connectivity index (χ1v) is 4.63. The first-order valence-electron chi connectivity index (χ1n) is 4.63. The summed E-state index contributed by atoms with van der Waals surface area (Å²) < 4.78 is 5.14. The number of aromatic amines is 1. The van der Waals surface area contributed by atoms with Gasteiger partial charge < -0.3 is 15.5 Å². The molecule has 1 aromatic rings. The van der Waals surface area contributed by atoms with Gasteiger partial charge in [0, 0.05) is 24.8 Å². The molecule has 0 fully saturated rings. The van der Waals surface area contributed by atoms with Crippen LogP contribution in [0.1, 0.15) is 18.4 Å². The van der Waals surface area contributed by atoms with Gasteiger partial charge in [0.05, 0.1) is 0 Å². The van der Waals surface area contributed by atoms with Gasteiger partial charge in [-0.3, -0.25) is 4.79 Å². The van der Waals surface area contributed by atoms with Crippen LogP contribution in [0.3, 0.4) is 0 Å². The summed E-state index contributed by atoms with van der Waals surface area (Å²) in [5.41, 5.74) is 5.94. The minimum absolute atomic E-state index is 0.154. The Morgan fingerprint density at radius 1 is 1.64 bits per heavy atom. The van der Waals surface area contributed by atoms with Crippen molar-refractivity contribution >= 4 is 0 Å². The summed E-state index contributed by atoms with van der Waals surface area (Å²) in [6.45, 7) is 3.32. The van der Waals surface area contributed by atoms with E-state index in [0.717, 1.165) is 0 Å². The van der Waals surface area contributed by atoms with Gasteiger partial charge in [0.1, 0.15) is 12.4 Å². The van der Waals surface area contributed by atoms with E-state index < -0.39 is 0 Å². The van der Waals surface area contributed by atoms with Crippen LogP contribution in [0.5, 0.6) is 0 Å². The second-order valence-electron chi connectivity index (χ2n) is 2.86. The summed E-state index contributed by atoms with van der Waals surface area (Å²) in [6.07, 6.45) is 0.614. The molecule has 1 aromatic heterocycles. The van der Waals surface area contributed by atoms with Crippen molar-refractivity contribution < 1.29 is 4.74 Å². The number of H-pyrrole nitrogens is 1. The third-order valence-electron chi connectivity index (χ3n) is 1.69. The SMILES string of the molecule is CCOCc1nc(CCN)cc(=O)[nH]1. The van der Waals surface area contributed by atoms with E-state index in [1.807, 2.05) is 6.92 Å². The summed E-state index contributed by atoms with van der Waals surface area (Å²) in [5.74, 6) is 0.558. The fourth-order valence-electron chi connectivity index (χ4n) is 1.11. The lowest BCUT2D eigenvalue weighted by Crippen LogP contribution is -2.15. The molecule has 0 aliphatic rings. The van der Waals surface area contributed by atoms with Gasteiger partial charge in [-0.2, -0.15) is 0 Å². The fraction of sp³-hybridized carbons (Fsp3) is 0.556. The first-order chi connectivity index (χ1) is 6.76. The van der Waals surface area contributed by atoms with Crippen molar-refractivity contribution in [2.45, 2.75) is 20.0 Å². The molecular formula is C9H15N3O2. The minimum atomic E-state index is -0.154. The molecule has 14 heavy (non-hydrogen) atoms. The summed E-state index contributed by atoms with van der Waals surface area (Å²) >= 11 is 0. The molecule has 78 valence electrons. The Morgan fingerprint density at radius 2 is 2.43 bits per heavy atom. The number of rotatable bonds is 5. The van der Waals surface area contributed by atoms with Crippen molar-refractivity contribution in [2.24, 2.45) is 5.73 Å². The van der Waals surface area contributed by atoms with Gasteiger partial charge in [-0.05, 0) is 13.5 Å². The molecule has 0 radical (unpaired) electrons. The topological polar surface area (TPSA) is 81.0 Å². The van der Waals surface area contributed by atoms with Gasteiger partial charge in [-0.25, -0.2) is 4.98 Å². The second-order valence-corrected chi connectivity index (χ2v) is 2.86. The molecule has 0 saturated heterocycles. The van der Waals surface area contributed by atoms with Gasteiger partial charge in [0.25, 0.3) is 5.56 Å². The van der Waals surface area contributed by atoms with Gasteiger partial charge in [-0.15, -0.1) is 0 Å². The van der Waals surface area contributed by atoms with Crippen LogP contribution in [0.25, 0.3) is 0 Å². The maximum atomic E-state index is 11.2. The zero-order valence-corrected chi connectivity index (χ0v) is 8.25. The molecule has 0 saturated carbocycles. The average molecular weight is 197 g/mol. The van der Waals surface area contributed by atoms with Crippen molar-refractivity contribution in [3.05, 3.63) is 27.9 Å². The number of nitrogens with one attached hydrogen (secondary N) is 1. The number of hydrogen-bond donors (Lipinski definition) is 2. The van der Waals surface area contributed by atoms with Crippen molar-refractivity contribution in [3.63, 3.8) is 0 Å². The monoisotopic (exact) mass is 197 g/mol. The van der Waals surface area contributed by atoms with E-state index in [1.54, 1.807) is 0 Å². The van der Waals surface area contributed by atoms with E-state index in [0.29, 0.717) is 37.7 Å². The van der Waals surface area contributed by atoms with Gasteiger partial charge in [-0.1, -0.05) is 0 Å². The predicted octanol–water partition coefficient (Wildman–Crippen LogP) is -0.192. The van der Waals surface area contributed by atoms with Crippen LogP contribution < -0.4 is 11.3 Å². The number of nitrogens with two attached hydrogens (primary N) is 1. The third kappa shape index (κ3) is 3.27. The lowest BCUT2D eigenvalue weighted by Gasteiger charge is -2.02. The highest BCUT2D eigenvalue weighted by Gasteiger charge is 2.00. The minimum Gasteiger partial charge on any atom is -0.374 e. The van der Waals surface area contributed by atoms with Gasteiger partial charge >= 0.3 is 0 Å². The second kappa shape index (κ2) is 5.51. The van der Waals surface area contributed by atoms with Crippen molar-refractivity contribution in [1.29, 1.82) is 0 Å². The highest BCUT2D eigenvalue weighted by Crippen LogP contribution is 1.94. The van der Waals surface area contributed by atoms with E-state index in [2.05, 4.69) is 9.97 Å². The van der Waals surface area contributed by atoms with Crippen LogP contribution in [0.4, 0.5) is 0 Å². The van der Waals surface area contributed by atoms with E-state index >= 15 is 0 Å². The van der Waals surface area contributed by atoms with Crippen LogP contribution in [0.15, 0.2) is 10.9 Å². The maximum absolute atomic E-state index is 11.2. The highest BCUT2D eigenvalue weighted by atomic mass is 16.5. The number of hydrogen-bond acceptors (Lipinski definition) is 4. The Hall–Kier alpha value is -1.20. The van der Waals surface area contributed by atoms with Crippen LogP contribution in [0, 0.1) is 0 Å². The van der Waals surface area contributed by atoms with Crippen LogP contribution in [0.2, 0.25) is 0 Å². The number of aromatic nitrogens is 2. The molecule has 0 amide bonds. The lowest BCUT2D eigenvalue weighted by molar-refractivity contribution is 0.128. The smallest absolute Gasteiger partial charge is 0.251 e. The molecule has 0 aliphatic heterocycles. The number of nitrogens with zero attached hydrogens (tertiary/aromatic N) is 1.